The molecule has 0 saturated heterocycles. The van der Waals surface area contributed by atoms with Gasteiger partial charge in [0.05, 0.1) is 13.2 Å². The molecular weight excluding hydrogens is 216 g/mol. The number of aliphatic hydroxyl groups is 1. The van der Waals surface area contributed by atoms with Crippen molar-refractivity contribution < 1.29 is 9.84 Å². The molecule has 0 aliphatic rings. The van der Waals surface area contributed by atoms with E-state index in [1.165, 1.54) is 0 Å². The minimum absolute atomic E-state index is 0.0132. The van der Waals surface area contributed by atoms with Gasteiger partial charge >= 0.3 is 0 Å². The van der Waals surface area contributed by atoms with Crippen LogP contribution in [0.25, 0.3) is 0 Å². The maximum absolute atomic E-state index is 9.57. The molecule has 4 nitrogen and oxygen atoms in total. The average Bonchev–Trinajstić information content (AvgIpc) is 2.22. The van der Waals surface area contributed by atoms with Crippen molar-refractivity contribution in [3.8, 4) is 0 Å². The minimum atomic E-state index is 0.0132. The predicted molar refractivity (Wildman–Crippen MR) is 72.0 cm³/mol. The summed E-state index contributed by atoms with van der Waals surface area (Å²) in [5, 5.41) is 9.57. The molecule has 0 rings (SSSR count). The molecular formula is C13H30N2O2. The summed E-state index contributed by atoms with van der Waals surface area (Å²) in [5.74, 6) is 0.551. The van der Waals surface area contributed by atoms with Crippen LogP contribution < -0.4 is 5.73 Å². The van der Waals surface area contributed by atoms with Crippen LogP contribution >= 0.6 is 0 Å². The van der Waals surface area contributed by atoms with Gasteiger partial charge in [-0.1, -0.05) is 13.8 Å². The summed E-state index contributed by atoms with van der Waals surface area (Å²) in [6.45, 7) is 10.2. The third-order valence-corrected chi connectivity index (χ3v) is 3.07. The van der Waals surface area contributed by atoms with Gasteiger partial charge in [-0.2, -0.15) is 0 Å². The molecule has 0 heterocycles. The second-order valence-electron chi connectivity index (χ2n) is 5.37. The van der Waals surface area contributed by atoms with Crippen LogP contribution in [0.5, 0.6) is 0 Å². The van der Waals surface area contributed by atoms with E-state index in [0.717, 1.165) is 13.0 Å². The van der Waals surface area contributed by atoms with Gasteiger partial charge in [0.2, 0.25) is 0 Å². The van der Waals surface area contributed by atoms with Gasteiger partial charge in [-0.3, -0.25) is 4.90 Å². The van der Waals surface area contributed by atoms with Gasteiger partial charge < -0.3 is 15.6 Å². The summed E-state index contributed by atoms with van der Waals surface area (Å²) in [4.78, 5) is 2.23. The first kappa shape index (κ1) is 16.8. The van der Waals surface area contributed by atoms with E-state index >= 15 is 0 Å². The lowest BCUT2D eigenvalue weighted by molar-refractivity contribution is 0.0489. The summed E-state index contributed by atoms with van der Waals surface area (Å²) in [5.41, 5.74) is 6.20. The Balaban J connectivity index is 4.53. The Bertz CT molecular complexity index is 186. The van der Waals surface area contributed by atoms with Gasteiger partial charge in [0.15, 0.2) is 0 Å². The molecule has 0 radical (unpaired) electrons. The summed E-state index contributed by atoms with van der Waals surface area (Å²) < 4.78 is 5.11. The average molecular weight is 246 g/mol. The first-order valence-electron chi connectivity index (χ1n) is 6.55. The molecule has 0 aliphatic heterocycles. The third-order valence-electron chi connectivity index (χ3n) is 3.07. The molecule has 0 aliphatic carbocycles. The second-order valence-corrected chi connectivity index (χ2v) is 5.37. The smallest absolute Gasteiger partial charge is 0.0602 e. The first-order chi connectivity index (χ1) is 7.93. The number of hydrogen-bond donors (Lipinski definition) is 2. The zero-order chi connectivity index (χ0) is 13.4. The Morgan fingerprint density at radius 1 is 1.24 bits per heavy atom. The number of methoxy groups -OCH3 is 1. The van der Waals surface area contributed by atoms with Gasteiger partial charge in [-0.25, -0.2) is 0 Å². The highest BCUT2D eigenvalue weighted by Crippen LogP contribution is 2.14. The standard InChI is InChI=1S/C13H30N2O2/c1-10(2)8-12(14)13(9-16)15(11(3)4)6-7-17-5/h10-13,16H,6-9,14H2,1-5H3. The summed E-state index contributed by atoms with van der Waals surface area (Å²) in [6, 6.07) is 0.396. The van der Waals surface area contributed by atoms with E-state index < -0.39 is 0 Å². The fraction of sp³-hybridized carbons (Fsp3) is 1.00. The van der Waals surface area contributed by atoms with Crippen molar-refractivity contribution in [3.63, 3.8) is 0 Å². The van der Waals surface area contributed by atoms with Crippen LogP contribution in [0.4, 0.5) is 0 Å². The van der Waals surface area contributed by atoms with E-state index in [4.69, 9.17) is 10.5 Å². The number of ether oxygens (including phenoxy) is 1. The largest absolute Gasteiger partial charge is 0.395 e. The van der Waals surface area contributed by atoms with Crippen molar-refractivity contribution >= 4 is 0 Å². The van der Waals surface area contributed by atoms with Gasteiger partial charge in [-0.05, 0) is 26.2 Å². The van der Waals surface area contributed by atoms with Crippen LogP contribution in [0.1, 0.15) is 34.1 Å². The lowest BCUT2D eigenvalue weighted by Crippen LogP contribution is -2.54. The normalized spacial score (nSPS) is 15.9. The van der Waals surface area contributed by atoms with E-state index in [1.807, 2.05) is 0 Å². The topological polar surface area (TPSA) is 58.7 Å². The summed E-state index contributed by atoms with van der Waals surface area (Å²) in [6.07, 6.45) is 0.932. The molecule has 0 spiro atoms. The van der Waals surface area contributed by atoms with E-state index in [-0.39, 0.29) is 18.7 Å². The molecule has 2 unspecified atom stereocenters. The number of nitrogens with two attached hydrogens (primary N) is 1. The van der Waals surface area contributed by atoms with Crippen molar-refractivity contribution in [1.29, 1.82) is 0 Å². The first-order valence-corrected chi connectivity index (χ1v) is 6.55. The zero-order valence-corrected chi connectivity index (χ0v) is 12.0. The highest BCUT2D eigenvalue weighted by Gasteiger charge is 2.26. The van der Waals surface area contributed by atoms with Crippen LogP contribution in [0.2, 0.25) is 0 Å². The number of hydrogen-bond acceptors (Lipinski definition) is 4. The fourth-order valence-corrected chi connectivity index (χ4v) is 2.19. The Hall–Kier alpha value is -0.160. The molecule has 0 saturated carbocycles. The van der Waals surface area contributed by atoms with Gasteiger partial charge in [0.25, 0.3) is 0 Å². The van der Waals surface area contributed by atoms with Crippen LogP contribution in [0.3, 0.4) is 0 Å². The number of aliphatic hydroxyl groups excluding tert-OH is 1. The molecule has 0 aromatic carbocycles. The highest BCUT2D eigenvalue weighted by molar-refractivity contribution is 4.84. The lowest BCUT2D eigenvalue weighted by atomic mass is 9.96. The quantitative estimate of drug-likeness (QED) is 0.639. The lowest BCUT2D eigenvalue weighted by Gasteiger charge is -2.37. The molecule has 4 heteroatoms. The number of rotatable bonds is 9. The SMILES string of the molecule is COCCN(C(C)C)C(CO)C(N)CC(C)C. The molecule has 0 aromatic rings. The van der Waals surface area contributed by atoms with Crippen molar-refractivity contribution in [3.05, 3.63) is 0 Å². The zero-order valence-electron chi connectivity index (χ0n) is 12.0. The molecule has 17 heavy (non-hydrogen) atoms. The van der Waals surface area contributed by atoms with Crippen molar-refractivity contribution in [2.24, 2.45) is 11.7 Å². The summed E-state index contributed by atoms with van der Waals surface area (Å²) in [7, 11) is 1.69. The fourth-order valence-electron chi connectivity index (χ4n) is 2.19. The van der Waals surface area contributed by atoms with Crippen LogP contribution in [0, 0.1) is 5.92 Å². The maximum Gasteiger partial charge on any atom is 0.0602 e. The monoisotopic (exact) mass is 246 g/mol. The van der Waals surface area contributed by atoms with Crippen LogP contribution in [-0.2, 0) is 4.74 Å². The molecule has 3 N–H and O–H groups in total. The molecule has 0 aromatic heterocycles. The Labute approximate surface area is 106 Å². The third kappa shape index (κ3) is 6.36. The van der Waals surface area contributed by atoms with Gasteiger partial charge in [0.1, 0.15) is 0 Å². The van der Waals surface area contributed by atoms with Crippen LogP contribution in [-0.4, -0.2) is 55.0 Å². The van der Waals surface area contributed by atoms with E-state index in [2.05, 4.69) is 32.6 Å². The van der Waals surface area contributed by atoms with Gasteiger partial charge in [-0.15, -0.1) is 0 Å². The number of nitrogens with zero attached hydrogens (tertiary/aromatic N) is 1. The van der Waals surface area contributed by atoms with Crippen molar-refractivity contribution in [2.75, 3.05) is 26.9 Å². The molecule has 2 atom stereocenters. The predicted octanol–water partition coefficient (Wildman–Crippen LogP) is 1.08. The second kappa shape index (κ2) is 8.86. The van der Waals surface area contributed by atoms with E-state index in [0.29, 0.717) is 18.6 Å². The van der Waals surface area contributed by atoms with Crippen LogP contribution in [0.15, 0.2) is 0 Å². The highest BCUT2D eigenvalue weighted by atomic mass is 16.5. The Morgan fingerprint density at radius 2 is 1.82 bits per heavy atom. The Morgan fingerprint density at radius 3 is 2.18 bits per heavy atom. The molecule has 0 amide bonds. The Kier molecular flexibility index (Phi) is 8.78. The minimum Gasteiger partial charge on any atom is -0.395 e. The van der Waals surface area contributed by atoms with Crippen molar-refractivity contribution in [1.82, 2.24) is 4.90 Å². The van der Waals surface area contributed by atoms with Gasteiger partial charge in [0, 0.05) is 31.8 Å². The maximum atomic E-state index is 9.57. The molecule has 0 fully saturated rings. The van der Waals surface area contributed by atoms with Crippen molar-refractivity contribution in [2.45, 2.75) is 52.2 Å². The molecule has 104 valence electrons. The molecule has 0 bridgehead atoms. The van der Waals surface area contributed by atoms with E-state index in [1.54, 1.807) is 7.11 Å². The van der Waals surface area contributed by atoms with E-state index in [9.17, 15) is 5.11 Å². The summed E-state index contributed by atoms with van der Waals surface area (Å²) >= 11 is 0.